The van der Waals surface area contributed by atoms with Crippen molar-refractivity contribution in [3.8, 4) is 0 Å². The van der Waals surface area contributed by atoms with Gasteiger partial charge in [0.05, 0.1) is 46.2 Å². The van der Waals surface area contributed by atoms with E-state index in [0.29, 0.717) is 58.8 Å². The van der Waals surface area contributed by atoms with Gasteiger partial charge in [0.1, 0.15) is 5.78 Å². The largest absolute Gasteiger partial charge is 0.378 e. The van der Waals surface area contributed by atoms with Crippen LogP contribution in [-0.2, 0) is 19.0 Å². The smallest absolute Gasteiger partial charge is 0.143 e. The summed E-state index contributed by atoms with van der Waals surface area (Å²) in [6.07, 6.45) is 0. The molecule has 0 spiro atoms. The van der Waals surface area contributed by atoms with Crippen molar-refractivity contribution in [1.82, 2.24) is 10.6 Å². The zero-order chi connectivity index (χ0) is 15.1. The second kappa shape index (κ2) is 14.9. The summed E-state index contributed by atoms with van der Waals surface area (Å²) >= 11 is 0. The summed E-state index contributed by atoms with van der Waals surface area (Å²) in [6.45, 7) is 11.4. The van der Waals surface area contributed by atoms with E-state index in [-0.39, 0.29) is 5.78 Å². The van der Waals surface area contributed by atoms with Crippen molar-refractivity contribution in [1.29, 1.82) is 0 Å². The van der Waals surface area contributed by atoms with Crippen molar-refractivity contribution >= 4 is 5.78 Å². The maximum absolute atomic E-state index is 10.6. The minimum atomic E-state index is 0.136. The molecular weight excluding hydrogens is 260 g/mol. The molecule has 0 radical (unpaired) electrons. The Labute approximate surface area is 122 Å². The molecule has 2 N–H and O–H groups in total. The third kappa shape index (κ3) is 17.5. The number of carbonyl (C=O) groups is 1. The predicted octanol–water partition coefficient (Wildman–Crippen LogP) is 0.213. The number of ketones is 1. The lowest BCUT2D eigenvalue weighted by Crippen LogP contribution is -2.27. The fourth-order valence-corrected chi connectivity index (χ4v) is 1.37. The third-order valence-electron chi connectivity index (χ3n) is 2.34. The molecule has 6 heteroatoms. The number of hydrogen-bond donors (Lipinski definition) is 2. The molecule has 0 heterocycles. The van der Waals surface area contributed by atoms with Gasteiger partial charge in [-0.15, -0.1) is 0 Å². The molecule has 6 nitrogen and oxygen atoms in total. The Balaban J connectivity index is 2.97. The lowest BCUT2D eigenvalue weighted by molar-refractivity contribution is -0.116. The molecular formula is C14H30N2O4. The molecule has 0 bridgehead atoms. The Kier molecular flexibility index (Phi) is 14.5. The van der Waals surface area contributed by atoms with Crippen molar-refractivity contribution < 1.29 is 19.0 Å². The van der Waals surface area contributed by atoms with Gasteiger partial charge in [-0.05, 0) is 6.92 Å². The maximum Gasteiger partial charge on any atom is 0.143 e. The van der Waals surface area contributed by atoms with Gasteiger partial charge in [0.25, 0.3) is 0 Å². The second-order valence-corrected chi connectivity index (χ2v) is 4.82. The highest BCUT2D eigenvalue weighted by molar-refractivity contribution is 5.77. The lowest BCUT2D eigenvalue weighted by atomic mass is 10.4. The molecule has 120 valence electrons. The number of hydrogen-bond acceptors (Lipinski definition) is 6. The Bertz CT molecular complexity index is 225. The SMILES string of the molecule is CC(=O)CNCCOCCOCCOCCNC(C)C. The van der Waals surface area contributed by atoms with Crippen molar-refractivity contribution in [3.05, 3.63) is 0 Å². The van der Waals surface area contributed by atoms with E-state index in [9.17, 15) is 4.79 Å². The molecule has 0 aliphatic rings. The minimum absolute atomic E-state index is 0.136. The van der Waals surface area contributed by atoms with Gasteiger partial charge in [0.2, 0.25) is 0 Å². The van der Waals surface area contributed by atoms with E-state index in [2.05, 4.69) is 24.5 Å². The average molecular weight is 290 g/mol. The highest BCUT2D eigenvalue weighted by Gasteiger charge is 1.94. The van der Waals surface area contributed by atoms with Gasteiger partial charge in [-0.3, -0.25) is 4.79 Å². The molecule has 0 aromatic carbocycles. The van der Waals surface area contributed by atoms with Crippen LogP contribution in [0.25, 0.3) is 0 Å². The number of rotatable bonds is 15. The van der Waals surface area contributed by atoms with Crippen LogP contribution in [0.15, 0.2) is 0 Å². The van der Waals surface area contributed by atoms with E-state index < -0.39 is 0 Å². The second-order valence-electron chi connectivity index (χ2n) is 4.82. The van der Waals surface area contributed by atoms with Gasteiger partial charge in [-0.1, -0.05) is 13.8 Å². The van der Waals surface area contributed by atoms with Crippen LogP contribution >= 0.6 is 0 Å². The van der Waals surface area contributed by atoms with Gasteiger partial charge in [-0.25, -0.2) is 0 Å². The first-order valence-corrected chi connectivity index (χ1v) is 7.29. The quantitative estimate of drug-likeness (QED) is 0.420. The van der Waals surface area contributed by atoms with Crippen molar-refractivity contribution in [3.63, 3.8) is 0 Å². The van der Waals surface area contributed by atoms with Crippen LogP contribution in [0.4, 0.5) is 0 Å². The molecule has 0 atom stereocenters. The fraction of sp³-hybridized carbons (Fsp3) is 0.929. The maximum atomic E-state index is 10.6. The fourth-order valence-electron chi connectivity index (χ4n) is 1.37. The molecule has 0 aliphatic heterocycles. The summed E-state index contributed by atoms with van der Waals surface area (Å²) in [5, 5.41) is 6.26. The number of ether oxygens (including phenoxy) is 3. The topological polar surface area (TPSA) is 68.8 Å². The number of carbonyl (C=O) groups excluding carboxylic acids is 1. The minimum Gasteiger partial charge on any atom is -0.378 e. The van der Waals surface area contributed by atoms with E-state index >= 15 is 0 Å². The van der Waals surface area contributed by atoms with Gasteiger partial charge >= 0.3 is 0 Å². The Hall–Kier alpha value is -0.530. The van der Waals surface area contributed by atoms with Gasteiger partial charge < -0.3 is 24.8 Å². The van der Waals surface area contributed by atoms with Crippen LogP contribution in [0, 0.1) is 0 Å². The standard InChI is InChI=1S/C14H30N2O4/c1-13(2)16-5-7-19-9-11-20-10-8-18-6-4-15-12-14(3)17/h13,15-16H,4-12H2,1-3H3. The molecule has 0 saturated carbocycles. The summed E-state index contributed by atoms with van der Waals surface area (Å²) in [5.41, 5.74) is 0. The molecule has 0 saturated heterocycles. The van der Waals surface area contributed by atoms with Crippen LogP contribution in [0.3, 0.4) is 0 Å². The molecule has 0 aromatic rings. The van der Waals surface area contributed by atoms with Crippen LogP contribution in [0.5, 0.6) is 0 Å². The summed E-state index contributed by atoms with van der Waals surface area (Å²) in [7, 11) is 0. The zero-order valence-electron chi connectivity index (χ0n) is 13.1. The third-order valence-corrected chi connectivity index (χ3v) is 2.34. The van der Waals surface area contributed by atoms with E-state index in [0.717, 1.165) is 6.54 Å². The van der Waals surface area contributed by atoms with Crippen LogP contribution in [0.1, 0.15) is 20.8 Å². The highest BCUT2D eigenvalue weighted by atomic mass is 16.5. The highest BCUT2D eigenvalue weighted by Crippen LogP contribution is 1.82. The first-order chi connectivity index (χ1) is 9.63. The molecule has 0 unspecified atom stereocenters. The van der Waals surface area contributed by atoms with Crippen molar-refractivity contribution in [2.45, 2.75) is 26.8 Å². The van der Waals surface area contributed by atoms with E-state index in [4.69, 9.17) is 14.2 Å². The summed E-state index contributed by atoms with van der Waals surface area (Å²) in [4.78, 5) is 10.6. The summed E-state index contributed by atoms with van der Waals surface area (Å²) in [6, 6.07) is 0.497. The summed E-state index contributed by atoms with van der Waals surface area (Å²) < 4.78 is 16.1. The normalized spacial score (nSPS) is 11.2. The average Bonchev–Trinajstić information content (AvgIpc) is 2.38. The Morgan fingerprint density at radius 2 is 1.40 bits per heavy atom. The van der Waals surface area contributed by atoms with Gasteiger partial charge in [0.15, 0.2) is 0 Å². The lowest BCUT2D eigenvalue weighted by Gasteiger charge is -2.09. The first kappa shape index (κ1) is 19.5. The Morgan fingerprint density at radius 1 is 0.900 bits per heavy atom. The number of nitrogens with one attached hydrogen (secondary N) is 2. The molecule has 0 fully saturated rings. The van der Waals surface area contributed by atoms with E-state index in [1.54, 1.807) is 6.92 Å². The zero-order valence-corrected chi connectivity index (χ0v) is 13.1. The predicted molar refractivity (Wildman–Crippen MR) is 79.1 cm³/mol. The van der Waals surface area contributed by atoms with Gasteiger partial charge in [0, 0.05) is 19.1 Å². The molecule has 20 heavy (non-hydrogen) atoms. The molecule has 0 rings (SSSR count). The van der Waals surface area contributed by atoms with Crippen LogP contribution in [0.2, 0.25) is 0 Å². The van der Waals surface area contributed by atoms with E-state index in [1.165, 1.54) is 0 Å². The monoisotopic (exact) mass is 290 g/mol. The first-order valence-electron chi connectivity index (χ1n) is 7.29. The van der Waals surface area contributed by atoms with E-state index in [1.807, 2.05) is 0 Å². The number of Topliss-reactive ketones (excluding diaryl/α,β-unsaturated/α-hetero) is 1. The molecule has 0 aromatic heterocycles. The van der Waals surface area contributed by atoms with Crippen molar-refractivity contribution in [2.75, 3.05) is 59.3 Å². The molecule has 0 amide bonds. The molecule has 0 aliphatic carbocycles. The Morgan fingerprint density at radius 3 is 1.90 bits per heavy atom. The van der Waals surface area contributed by atoms with Crippen molar-refractivity contribution in [2.24, 2.45) is 0 Å². The summed E-state index contributed by atoms with van der Waals surface area (Å²) in [5.74, 6) is 0.136. The van der Waals surface area contributed by atoms with Gasteiger partial charge in [-0.2, -0.15) is 0 Å². The van der Waals surface area contributed by atoms with Crippen LogP contribution in [-0.4, -0.2) is 71.1 Å². The van der Waals surface area contributed by atoms with Crippen LogP contribution < -0.4 is 10.6 Å².